The monoisotopic (exact) mass is 704 g/mol. The van der Waals surface area contributed by atoms with Gasteiger partial charge in [-0.2, -0.15) is 0 Å². The van der Waals surface area contributed by atoms with Gasteiger partial charge < -0.3 is 14.4 Å². The third-order valence-electron chi connectivity index (χ3n) is 6.65. The first-order valence-electron chi connectivity index (χ1n) is 12.4. The fraction of sp³-hybridized carbons (Fsp3) is 0.121. The molecule has 2 aromatic carbocycles. The molecule has 0 aliphatic carbocycles. The Labute approximate surface area is 245 Å². The van der Waals surface area contributed by atoms with E-state index in [1.165, 1.54) is 26.1 Å². The van der Waals surface area contributed by atoms with E-state index in [1.54, 1.807) is 11.3 Å². The number of hydrogen-bond acceptors (Lipinski definition) is 5. The van der Waals surface area contributed by atoms with Crippen molar-refractivity contribution >= 4 is 43.5 Å². The van der Waals surface area contributed by atoms with Crippen LogP contribution < -0.4 is 0 Å². The predicted octanol–water partition coefficient (Wildman–Crippen LogP) is 8.84. The molecule has 0 amide bonds. The van der Waals surface area contributed by atoms with Crippen molar-refractivity contribution in [2.24, 2.45) is 0 Å². The summed E-state index contributed by atoms with van der Waals surface area (Å²) in [6, 6.07) is 28.6. The number of hydrogen-bond donors (Lipinski definition) is 0. The van der Waals surface area contributed by atoms with Crippen LogP contribution >= 0.6 is 11.3 Å². The van der Waals surface area contributed by atoms with Gasteiger partial charge in [-0.05, 0) is 68.1 Å². The Morgan fingerprint density at radius 1 is 0.821 bits per heavy atom. The van der Waals surface area contributed by atoms with Gasteiger partial charge in [0, 0.05) is 58.9 Å². The number of aromatic nitrogens is 3. The first-order chi connectivity index (χ1) is 18.5. The van der Waals surface area contributed by atoms with E-state index in [1.807, 2.05) is 74.8 Å². The quantitative estimate of drug-likeness (QED) is 0.169. The summed E-state index contributed by atoms with van der Waals surface area (Å²) in [4.78, 5) is 14.9. The Morgan fingerprint density at radius 3 is 2.46 bits per heavy atom. The van der Waals surface area contributed by atoms with Gasteiger partial charge in [0.05, 0.1) is 5.58 Å². The summed E-state index contributed by atoms with van der Waals surface area (Å²) >= 11 is 1.80. The minimum atomic E-state index is 0. The molecule has 6 heteroatoms. The number of aryl methyl sites for hydroxylation is 4. The molecule has 195 valence electrons. The van der Waals surface area contributed by atoms with Crippen LogP contribution in [0.2, 0.25) is 0 Å². The molecule has 0 aliphatic rings. The minimum absolute atomic E-state index is 0. The van der Waals surface area contributed by atoms with Crippen LogP contribution in [0.3, 0.4) is 0 Å². The van der Waals surface area contributed by atoms with Gasteiger partial charge >= 0.3 is 0 Å². The van der Waals surface area contributed by atoms with Crippen LogP contribution in [0.5, 0.6) is 0 Å². The number of pyridine rings is 3. The molecule has 7 aromatic rings. The summed E-state index contributed by atoms with van der Waals surface area (Å²) in [7, 11) is 0. The Kier molecular flexibility index (Phi) is 7.71. The SMILES string of the molecule is Cc1ccc(-c2[c-]cccc2)nc1.Cc1ccc2c(n1)oc1c(-c3nccc4sc(C)c(C)c34)[c-]ccc12.[Ir]. The summed E-state index contributed by atoms with van der Waals surface area (Å²) < 4.78 is 7.38. The van der Waals surface area contributed by atoms with Crippen molar-refractivity contribution < 1.29 is 24.5 Å². The molecule has 0 spiro atoms. The summed E-state index contributed by atoms with van der Waals surface area (Å²) in [5, 5.41) is 3.28. The Balaban J connectivity index is 0.000000187. The summed E-state index contributed by atoms with van der Waals surface area (Å²) in [6.45, 7) is 8.32. The molecular weight excluding hydrogens is 679 g/mol. The molecule has 0 N–H and O–H groups in total. The zero-order valence-corrected chi connectivity index (χ0v) is 25.2. The van der Waals surface area contributed by atoms with Gasteiger partial charge in [0.2, 0.25) is 5.71 Å². The molecule has 0 atom stereocenters. The zero-order valence-electron chi connectivity index (χ0n) is 22.0. The van der Waals surface area contributed by atoms with E-state index in [0.29, 0.717) is 5.71 Å². The Bertz CT molecular complexity index is 1910. The fourth-order valence-electron chi connectivity index (χ4n) is 4.57. The third kappa shape index (κ3) is 5.16. The van der Waals surface area contributed by atoms with E-state index < -0.39 is 0 Å². The molecule has 0 saturated carbocycles. The van der Waals surface area contributed by atoms with Crippen molar-refractivity contribution in [2.45, 2.75) is 27.7 Å². The summed E-state index contributed by atoms with van der Waals surface area (Å²) in [6.07, 6.45) is 3.74. The van der Waals surface area contributed by atoms with Gasteiger partial charge in [-0.25, -0.2) is 4.98 Å². The first kappa shape index (κ1) is 26.9. The summed E-state index contributed by atoms with van der Waals surface area (Å²) in [5.74, 6) is 0. The maximum atomic E-state index is 6.14. The normalized spacial score (nSPS) is 10.9. The first-order valence-corrected chi connectivity index (χ1v) is 13.3. The van der Waals surface area contributed by atoms with Crippen molar-refractivity contribution in [1.29, 1.82) is 0 Å². The second-order valence-corrected chi connectivity index (χ2v) is 10.6. The molecule has 0 fully saturated rings. The van der Waals surface area contributed by atoms with Crippen molar-refractivity contribution in [3.05, 3.63) is 113 Å². The van der Waals surface area contributed by atoms with E-state index in [0.717, 1.165) is 44.6 Å². The third-order valence-corrected chi connectivity index (χ3v) is 7.82. The van der Waals surface area contributed by atoms with E-state index in [4.69, 9.17) is 4.42 Å². The average Bonchev–Trinajstić information content (AvgIpc) is 3.45. The predicted molar refractivity (Wildman–Crippen MR) is 156 cm³/mol. The molecule has 4 nitrogen and oxygen atoms in total. The van der Waals surface area contributed by atoms with Crippen molar-refractivity contribution in [3.63, 3.8) is 0 Å². The molecule has 39 heavy (non-hydrogen) atoms. The van der Waals surface area contributed by atoms with E-state index in [2.05, 4.69) is 59.1 Å². The van der Waals surface area contributed by atoms with Crippen LogP contribution in [0.15, 0.2) is 83.5 Å². The number of furan rings is 1. The maximum absolute atomic E-state index is 6.14. The standard InChI is InChI=1S/C21H15N2OS.C12H10N.Ir/c1-11-7-8-15-14-5-4-6-16(20(14)24-21(15)23-11)19-18-12(2)13(3)25-17(18)9-10-22-19;1-10-7-8-12(13-9-10)11-5-3-2-4-6-11;/h4-5,7-10H,1-3H3;2-5,7-9H,1H3;/q2*-1;. The van der Waals surface area contributed by atoms with Crippen molar-refractivity contribution in [1.82, 2.24) is 15.0 Å². The van der Waals surface area contributed by atoms with Crippen LogP contribution in [0, 0.1) is 39.8 Å². The molecular formula is C33H25IrN3OS-2. The largest absolute Gasteiger partial charge is 0.486 e. The number of thiophene rings is 1. The molecule has 0 aliphatic heterocycles. The average molecular weight is 704 g/mol. The number of rotatable bonds is 2. The Morgan fingerprint density at radius 2 is 1.69 bits per heavy atom. The van der Waals surface area contributed by atoms with E-state index >= 15 is 0 Å². The van der Waals surface area contributed by atoms with Crippen LogP contribution in [-0.4, -0.2) is 15.0 Å². The molecule has 0 unspecified atom stereocenters. The van der Waals surface area contributed by atoms with Crippen LogP contribution in [0.25, 0.3) is 54.7 Å². The smallest absolute Gasteiger partial charge is 0.216 e. The number of nitrogens with zero attached hydrogens (tertiary/aromatic N) is 3. The van der Waals surface area contributed by atoms with E-state index in [-0.39, 0.29) is 20.1 Å². The molecule has 1 radical (unpaired) electrons. The van der Waals surface area contributed by atoms with Crippen LogP contribution in [0.1, 0.15) is 21.7 Å². The van der Waals surface area contributed by atoms with Gasteiger partial charge in [-0.15, -0.1) is 65.4 Å². The molecule has 0 saturated heterocycles. The summed E-state index contributed by atoms with van der Waals surface area (Å²) in [5.41, 5.74) is 8.73. The minimum Gasteiger partial charge on any atom is -0.486 e. The second-order valence-electron chi connectivity index (χ2n) is 9.32. The maximum Gasteiger partial charge on any atom is 0.216 e. The van der Waals surface area contributed by atoms with Gasteiger partial charge in [-0.3, -0.25) is 0 Å². The van der Waals surface area contributed by atoms with Gasteiger partial charge in [0.1, 0.15) is 0 Å². The fourth-order valence-corrected chi connectivity index (χ4v) is 5.63. The zero-order chi connectivity index (χ0) is 26.2. The van der Waals surface area contributed by atoms with Gasteiger partial charge in [0.15, 0.2) is 0 Å². The van der Waals surface area contributed by atoms with Crippen LogP contribution in [-0.2, 0) is 20.1 Å². The molecule has 5 heterocycles. The molecule has 7 rings (SSSR count). The Hall–Kier alpha value is -3.70. The molecule has 5 aromatic heterocycles. The topological polar surface area (TPSA) is 51.8 Å². The van der Waals surface area contributed by atoms with E-state index in [9.17, 15) is 0 Å². The number of fused-ring (bicyclic) bond motifs is 4. The second kappa shape index (κ2) is 11.2. The molecule has 0 bridgehead atoms. The van der Waals surface area contributed by atoms with Crippen LogP contribution in [0.4, 0.5) is 0 Å². The van der Waals surface area contributed by atoms with Gasteiger partial charge in [-0.1, -0.05) is 23.1 Å². The number of benzene rings is 2. The van der Waals surface area contributed by atoms with Crippen molar-refractivity contribution in [2.75, 3.05) is 0 Å². The van der Waals surface area contributed by atoms with Crippen molar-refractivity contribution in [3.8, 4) is 22.5 Å². The van der Waals surface area contributed by atoms with Gasteiger partial charge in [0.25, 0.3) is 0 Å².